The third-order valence-corrected chi connectivity index (χ3v) is 3.13. The van der Waals surface area contributed by atoms with Gasteiger partial charge in [-0.05, 0) is 18.2 Å². The van der Waals surface area contributed by atoms with E-state index >= 15 is 0 Å². The van der Waals surface area contributed by atoms with Crippen molar-refractivity contribution >= 4 is 16.7 Å². The van der Waals surface area contributed by atoms with E-state index in [2.05, 4.69) is 10.2 Å². The van der Waals surface area contributed by atoms with E-state index in [4.69, 9.17) is 4.42 Å². The molecule has 1 N–H and O–H groups in total. The molecule has 1 aliphatic rings. The van der Waals surface area contributed by atoms with E-state index in [1.807, 2.05) is 18.2 Å². The second kappa shape index (κ2) is 4.22. The highest BCUT2D eigenvalue weighted by molar-refractivity contribution is 5.80. The van der Waals surface area contributed by atoms with Gasteiger partial charge < -0.3 is 14.6 Å². The number of hydrogen-bond acceptors (Lipinski definition) is 4. The van der Waals surface area contributed by atoms with E-state index in [1.54, 1.807) is 0 Å². The number of fused-ring (bicyclic) bond motifs is 1. The van der Waals surface area contributed by atoms with E-state index < -0.39 is 0 Å². The van der Waals surface area contributed by atoms with Gasteiger partial charge in [-0.15, -0.1) is 0 Å². The van der Waals surface area contributed by atoms with Crippen LogP contribution < -0.4 is 15.6 Å². The SMILES string of the molecule is O=c1ccoc2ccc(N3CCNCC3)cc12. The molecule has 2 heterocycles. The van der Waals surface area contributed by atoms with Crippen molar-refractivity contribution in [3.8, 4) is 0 Å². The molecule has 1 aliphatic heterocycles. The van der Waals surface area contributed by atoms with Crippen LogP contribution in [-0.4, -0.2) is 26.2 Å². The maximum absolute atomic E-state index is 11.7. The van der Waals surface area contributed by atoms with Gasteiger partial charge in [-0.3, -0.25) is 4.79 Å². The Bertz CT molecular complexity index is 585. The average molecular weight is 230 g/mol. The first-order valence-corrected chi connectivity index (χ1v) is 5.82. The molecule has 0 radical (unpaired) electrons. The minimum absolute atomic E-state index is 0.0169. The summed E-state index contributed by atoms with van der Waals surface area (Å²) in [6.07, 6.45) is 1.44. The monoisotopic (exact) mass is 230 g/mol. The van der Waals surface area contributed by atoms with Crippen LogP contribution in [0.1, 0.15) is 0 Å². The number of benzene rings is 1. The topological polar surface area (TPSA) is 45.5 Å². The molecule has 1 fully saturated rings. The maximum atomic E-state index is 11.7. The highest BCUT2D eigenvalue weighted by Crippen LogP contribution is 2.20. The molecule has 4 heteroatoms. The lowest BCUT2D eigenvalue weighted by atomic mass is 10.2. The molecule has 1 saturated heterocycles. The molecule has 0 aliphatic carbocycles. The molecule has 0 atom stereocenters. The minimum atomic E-state index is 0.0169. The minimum Gasteiger partial charge on any atom is -0.464 e. The first-order chi connectivity index (χ1) is 8.34. The lowest BCUT2D eigenvalue weighted by molar-refractivity contribution is 0.588. The van der Waals surface area contributed by atoms with Crippen molar-refractivity contribution in [3.05, 3.63) is 40.8 Å². The Balaban J connectivity index is 2.06. The summed E-state index contributed by atoms with van der Waals surface area (Å²) in [7, 11) is 0. The fourth-order valence-electron chi connectivity index (χ4n) is 2.19. The van der Waals surface area contributed by atoms with E-state index in [-0.39, 0.29) is 5.43 Å². The molecule has 0 bridgehead atoms. The zero-order valence-corrected chi connectivity index (χ0v) is 9.48. The summed E-state index contributed by atoms with van der Waals surface area (Å²) in [6, 6.07) is 7.26. The molecular weight excluding hydrogens is 216 g/mol. The van der Waals surface area contributed by atoms with E-state index in [0.29, 0.717) is 11.0 Å². The molecule has 1 aromatic heterocycles. The summed E-state index contributed by atoms with van der Waals surface area (Å²) in [5.41, 5.74) is 1.76. The highest BCUT2D eigenvalue weighted by atomic mass is 16.3. The summed E-state index contributed by atoms with van der Waals surface area (Å²) in [5, 5.41) is 3.97. The van der Waals surface area contributed by atoms with Crippen LogP contribution in [-0.2, 0) is 0 Å². The summed E-state index contributed by atoms with van der Waals surface area (Å²) in [4.78, 5) is 14.0. The van der Waals surface area contributed by atoms with Crippen LogP contribution in [0.15, 0.2) is 39.7 Å². The number of hydrogen-bond donors (Lipinski definition) is 1. The van der Waals surface area contributed by atoms with Crippen LogP contribution >= 0.6 is 0 Å². The summed E-state index contributed by atoms with van der Waals surface area (Å²) >= 11 is 0. The molecule has 0 spiro atoms. The van der Waals surface area contributed by atoms with Gasteiger partial charge in [0.2, 0.25) is 0 Å². The molecule has 0 saturated carbocycles. The van der Waals surface area contributed by atoms with Crippen molar-refractivity contribution < 1.29 is 4.42 Å². The molecule has 88 valence electrons. The maximum Gasteiger partial charge on any atom is 0.192 e. The number of nitrogens with one attached hydrogen (secondary N) is 1. The normalized spacial score (nSPS) is 16.4. The van der Waals surface area contributed by atoms with Gasteiger partial charge in [0.1, 0.15) is 5.58 Å². The smallest absolute Gasteiger partial charge is 0.192 e. The van der Waals surface area contributed by atoms with Crippen LogP contribution in [0.25, 0.3) is 11.0 Å². The zero-order valence-electron chi connectivity index (χ0n) is 9.48. The third kappa shape index (κ3) is 1.91. The highest BCUT2D eigenvalue weighted by Gasteiger charge is 2.11. The first-order valence-electron chi connectivity index (χ1n) is 5.82. The van der Waals surface area contributed by atoms with Crippen LogP contribution in [0, 0.1) is 0 Å². The molecule has 0 unspecified atom stereocenters. The molecule has 2 aromatic rings. The number of anilines is 1. The molecule has 3 rings (SSSR count). The first kappa shape index (κ1) is 10.4. The summed E-state index contributed by atoms with van der Waals surface area (Å²) in [6.45, 7) is 3.93. The number of piperazine rings is 1. The van der Waals surface area contributed by atoms with Crippen LogP contribution in [0.5, 0.6) is 0 Å². The Morgan fingerprint density at radius 2 is 2.00 bits per heavy atom. The fraction of sp³-hybridized carbons (Fsp3) is 0.308. The van der Waals surface area contributed by atoms with Gasteiger partial charge in [-0.25, -0.2) is 0 Å². The molecule has 0 amide bonds. The van der Waals surface area contributed by atoms with Crippen molar-refractivity contribution in [2.75, 3.05) is 31.1 Å². The van der Waals surface area contributed by atoms with E-state index in [9.17, 15) is 4.79 Å². The zero-order chi connectivity index (χ0) is 11.7. The van der Waals surface area contributed by atoms with Crippen molar-refractivity contribution in [2.24, 2.45) is 0 Å². The Labute approximate surface area is 98.8 Å². The fourth-order valence-corrected chi connectivity index (χ4v) is 2.19. The van der Waals surface area contributed by atoms with Gasteiger partial charge in [0.05, 0.1) is 11.6 Å². The Hall–Kier alpha value is -1.81. The van der Waals surface area contributed by atoms with Gasteiger partial charge in [-0.2, -0.15) is 0 Å². The second-order valence-corrected chi connectivity index (χ2v) is 4.20. The molecule has 17 heavy (non-hydrogen) atoms. The number of nitrogens with zero attached hydrogens (tertiary/aromatic N) is 1. The second-order valence-electron chi connectivity index (χ2n) is 4.20. The summed E-state index contributed by atoms with van der Waals surface area (Å²) in [5.74, 6) is 0. The molecule has 4 nitrogen and oxygen atoms in total. The van der Waals surface area contributed by atoms with Gasteiger partial charge in [0.25, 0.3) is 0 Å². The van der Waals surface area contributed by atoms with Gasteiger partial charge >= 0.3 is 0 Å². The lowest BCUT2D eigenvalue weighted by Crippen LogP contribution is -2.43. The Morgan fingerprint density at radius 3 is 2.82 bits per heavy atom. The standard InChI is InChI=1S/C13H14N2O2/c16-12-3-8-17-13-2-1-10(9-11(12)13)15-6-4-14-5-7-15/h1-3,8-9,14H,4-7H2. The quantitative estimate of drug-likeness (QED) is 0.799. The largest absolute Gasteiger partial charge is 0.464 e. The Morgan fingerprint density at radius 1 is 1.18 bits per heavy atom. The molecule has 1 aromatic carbocycles. The third-order valence-electron chi connectivity index (χ3n) is 3.13. The van der Waals surface area contributed by atoms with Crippen LogP contribution in [0.3, 0.4) is 0 Å². The van der Waals surface area contributed by atoms with E-state index in [1.165, 1.54) is 12.3 Å². The van der Waals surface area contributed by atoms with Gasteiger partial charge in [-0.1, -0.05) is 0 Å². The lowest BCUT2D eigenvalue weighted by Gasteiger charge is -2.29. The molecular formula is C13H14N2O2. The predicted molar refractivity (Wildman–Crippen MR) is 67.6 cm³/mol. The van der Waals surface area contributed by atoms with Crippen molar-refractivity contribution in [3.63, 3.8) is 0 Å². The van der Waals surface area contributed by atoms with Crippen molar-refractivity contribution in [1.82, 2.24) is 5.32 Å². The van der Waals surface area contributed by atoms with Gasteiger partial charge in [0.15, 0.2) is 5.43 Å². The Kier molecular flexibility index (Phi) is 2.57. The van der Waals surface area contributed by atoms with Crippen LogP contribution in [0.2, 0.25) is 0 Å². The van der Waals surface area contributed by atoms with E-state index in [0.717, 1.165) is 31.9 Å². The average Bonchev–Trinajstić information content (AvgIpc) is 2.40. The number of rotatable bonds is 1. The van der Waals surface area contributed by atoms with Crippen LogP contribution in [0.4, 0.5) is 5.69 Å². The predicted octanol–water partition coefficient (Wildman–Crippen LogP) is 1.20. The van der Waals surface area contributed by atoms with Crippen molar-refractivity contribution in [2.45, 2.75) is 0 Å². The van der Waals surface area contributed by atoms with Crippen molar-refractivity contribution in [1.29, 1.82) is 0 Å². The van der Waals surface area contributed by atoms with Gasteiger partial charge in [0, 0.05) is 37.9 Å². The summed E-state index contributed by atoms with van der Waals surface area (Å²) < 4.78 is 5.30.